The summed E-state index contributed by atoms with van der Waals surface area (Å²) in [6, 6.07) is 14.8. The lowest BCUT2D eigenvalue weighted by Gasteiger charge is -2.23. The number of hydrogen-bond donors (Lipinski definition) is 0. The molecule has 4 nitrogen and oxygen atoms in total. The minimum absolute atomic E-state index is 0.134. The molecule has 0 heterocycles. The van der Waals surface area contributed by atoms with Gasteiger partial charge in [-0.3, -0.25) is 0 Å². The van der Waals surface area contributed by atoms with E-state index in [4.69, 9.17) is 32.7 Å². The quantitative estimate of drug-likeness (QED) is 0.686. The molecule has 0 unspecified atom stereocenters. The first-order valence-corrected chi connectivity index (χ1v) is 8.25. The van der Waals surface area contributed by atoms with Crippen molar-refractivity contribution in [2.24, 2.45) is 0 Å². The summed E-state index contributed by atoms with van der Waals surface area (Å²) in [6.45, 7) is 0. The number of halogens is 2. The van der Waals surface area contributed by atoms with Crippen molar-refractivity contribution in [2.45, 2.75) is 18.3 Å². The minimum Gasteiger partial charge on any atom is -0.493 e. The molecule has 2 atom stereocenters. The van der Waals surface area contributed by atoms with E-state index in [1.165, 1.54) is 7.11 Å². The summed E-state index contributed by atoms with van der Waals surface area (Å²) < 4.78 is 10.6. The van der Waals surface area contributed by atoms with Crippen molar-refractivity contribution in [2.75, 3.05) is 14.2 Å². The van der Waals surface area contributed by atoms with Crippen LogP contribution in [0.3, 0.4) is 0 Å². The molecule has 128 valence electrons. The van der Waals surface area contributed by atoms with Crippen molar-refractivity contribution >= 4 is 23.2 Å². The Morgan fingerprint density at radius 3 is 2.16 bits per heavy atom. The van der Waals surface area contributed by atoms with Gasteiger partial charge in [-0.1, -0.05) is 35.3 Å². The number of ether oxygens (including phenoxy) is 2. The van der Waals surface area contributed by atoms with Crippen LogP contribution in [-0.4, -0.2) is 14.2 Å². The van der Waals surface area contributed by atoms with E-state index in [1.54, 1.807) is 37.4 Å². The lowest BCUT2D eigenvalue weighted by molar-refractivity contribution is 0.354. The molecule has 2 aromatic rings. The zero-order valence-electron chi connectivity index (χ0n) is 13.8. The molecular formula is C19H16Cl2N2O2. The predicted molar refractivity (Wildman–Crippen MR) is 97.3 cm³/mol. The van der Waals surface area contributed by atoms with Gasteiger partial charge in [0.1, 0.15) is 0 Å². The summed E-state index contributed by atoms with van der Waals surface area (Å²) in [6.07, 6.45) is 0.134. The Balaban J connectivity index is 2.57. The van der Waals surface area contributed by atoms with Crippen molar-refractivity contribution in [3.8, 4) is 23.6 Å². The van der Waals surface area contributed by atoms with E-state index < -0.39 is 11.8 Å². The molecule has 0 amide bonds. The molecule has 2 aromatic carbocycles. The van der Waals surface area contributed by atoms with Gasteiger partial charge in [0, 0.05) is 27.9 Å². The summed E-state index contributed by atoms with van der Waals surface area (Å²) in [5, 5.41) is 19.9. The van der Waals surface area contributed by atoms with Crippen molar-refractivity contribution < 1.29 is 9.47 Å². The number of hydrogen-bond acceptors (Lipinski definition) is 4. The maximum Gasteiger partial charge on any atom is 0.160 e. The van der Waals surface area contributed by atoms with E-state index >= 15 is 0 Å². The normalized spacial score (nSPS) is 12.6. The van der Waals surface area contributed by atoms with Crippen LogP contribution in [-0.2, 0) is 0 Å². The lowest BCUT2D eigenvalue weighted by Crippen LogP contribution is -2.11. The van der Waals surface area contributed by atoms with Crippen molar-refractivity contribution in [1.29, 1.82) is 10.5 Å². The largest absolute Gasteiger partial charge is 0.493 e. The first-order chi connectivity index (χ1) is 12.1. The molecule has 0 aliphatic carbocycles. The Hall–Kier alpha value is -2.40. The molecule has 0 bridgehead atoms. The van der Waals surface area contributed by atoms with Crippen molar-refractivity contribution in [3.05, 3.63) is 57.6 Å². The third-order valence-electron chi connectivity index (χ3n) is 4.00. The number of methoxy groups -OCH3 is 2. The van der Waals surface area contributed by atoms with Crippen LogP contribution in [0.1, 0.15) is 29.4 Å². The summed E-state index contributed by atoms with van der Waals surface area (Å²) in [5.41, 5.74) is 1.31. The second kappa shape index (κ2) is 8.62. The standard InChI is InChI=1S/C19H16Cl2N2O2/c1-24-17-7-6-12(10-18(17)25-2)13(8-9-22)14(11-23)19-15(20)4-3-5-16(19)21/h3-7,10,13-14H,8H2,1-2H3/t13-,14-/m0/s1. The fraction of sp³-hybridized carbons (Fsp3) is 0.263. The SMILES string of the molecule is COc1ccc([C@H](CC#N)[C@H](C#N)c2c(Cl)cccc2Cl)cc1OC. The Labute approximate surface area is 157 Å². The second-order valence-corrected chi connectivity index (χ2v) is 6.14. The van der Waals surface area contributed by atoms with Gasteiger partial charge >= 0.3 is 0 Å². The average molecular weight is 375 g/mol. The fourth-order valence-electron chi connectivity index (χ4n) is 2.77. The van der Waals surface area contributed by atoms with Gasteiger partial charge in [0.15, 0.2) is 11.5 Å². The molecule has 0 N–H and O–H groups in total. The Kier molecular flexibility index (Phi) is 6.53. The van der Waals surface area contributed by atoms with Crippen molar-refractivity contribution in [1.82, 2.24) is 0 Å². The molecule has 0 saturated heterocycles. The zero-order valence-corrected chi connectivity index (χ0v) is 15.3. The highest BCUT2D eigenvalue weighted by Gasteiger charge is 2.29. The Bertz CT molecular complexity index is 820. The highest BCUT2D eigenvalue weighted by atomic mass is 35.5. The summed E-state index contributed by atoms with van der Waals surface area (Å²) in [5.74, 6) is 0.0299. The Morgan fingerprint density at radius 2 is 1.64 bits per heavy atom. The molecule has 0 aromatic heterocycles. The smallest absolute Gasteiger partial charge is 0.160 e. The van der Waals surface area contributed by atoms with Crippen LogP contribution < -0.4 is 9.47 Å². The first kappa shape index (κ1) is 18.9. The highest BCUT2D eigenvalue weighted by molar-refractivity contribution is 6.36. The number of benzene rings is 2. The van der Waals surface area contributed by atoms with E-state index in [9.17, 15) is 10.5 Å². The predicted octanol–water partition coefficient (Wildman–Crippen LogP) is 5.32. The summed E-state index contributed by atoms with van der Waals surface area (Å²) in [4.78, 5) is 0. The van der Waals surface area contributed by atoms with E-state index in [0.717, 1.165) is 5.56 Å². The maximum absolute atomic E-state index is 9.78. The molecule has 0 aliphatic rings. The fourth-order valence-corrected chi connectivity index (χ4v) is 3.41. The van der Waals surface area contributed by atoms with Crippen LogP contribution in [0.4, 0.5) is 0 Å². The lowest BCUT2D eigenvalue weighted by atomic mass is 9.80. The molecular weight excluding hydrogens is 359 g/mol. The van der Waals surface area contributed by atoms with Gasteiger partial charge in [-0.2, -0.15) is 10.5 Å². The van der Waals surface area contributed by atoms with E-state index in [2.05, 4.69) is 12.1 Å². The molecule has 0 fully saturated rings. The third-order valence-corrected chi connectivity index (χ3v) is 4.66. The van der Waals surface area contributed by atoms with Gasteiger partial charge in [0.2, 0.25) is 0 Å². The molecule has 0 radical (unpaired) electrons. The van der Waals surface area contributed by atoms with Crippen LogP contribution in [0, 0.1) is 22.7 Å². The van der Waals surface area contributed by atoms with Crippen LogP contribution in [0.2, 0.25) is 10.0 Å². The first-order valence-electron chi connectivity index (χ1n) is 7.49. The van der Waals surface area contributed by atoms with E-state index in [1.807, 2.05) is 6.07 Å². The van der Waals surface area contributed by atoms with Crippen LogP contribution in [0.25, 0.3) is 0 Å². The summed E-state index contributed by atoms with van der Waals surface area (Å²) in [7, 11) is 3.08. The molecule has 0 spiro atoms. The van der Waals surface area contributed by atoms with Gasteiger partial charge in [0.05, 0.1) is 32.3 Å². The van der Waals surface area contributed by atoms with Crippen molar-refractivity contribution in [3.63, 3.8) is 0 Å². The average Bonchev–Trinajstić information content (AvgIpc) is 2.63. The van der Waals surface area contributed by atoms with E-state index in [-0.39, 0.29) is 6.42 Å². The maximum atomic E-state index is 9.78. The third kappa shape index (κ3) is 3.99. The van der Waals surface area contributed by atoms with Gasteiger partial charge in [0.25, 0.3) is 0 Å². The van der Waals surface area contributed by atoms with E-state index in [0.29, 0.717) is 27.1 Å². The minimum atomic E-state index is -0.668. The monoisotopic (exact) mass is 374 g/mol. The van der Waals surface area contributed by atoms with Gasteiger partial charge in [-0.15, -0.1) is 0 Å². The Morgan fingerprint density at radius 1 is 1.00 bits per heavy atom. The highest BCUT2D eigenvalue weighted by Crippen LogP contribution is 2.43. The summed E-state index contributed by atoms with van der Waals surface area (Å²) >= 11 is 12.6. The van der Waals surface area contributed by atoms with Crippen LogP contribution >= 0.6 is 23.2 Å². The van der Waals surface area contributed by atoms with Gasteiger partial charge < -0.3 is 9.47 Å². The molecule has 0 saturated carbocycles. The molecule has 6 heteroatoms. The van der Waals surface area contributed by atoms with Crippen LogP contribution in [0.15, 0.2) is 36.4 Å². The number of nitrogens with zero attached hydrogens (tertiary/aromatic N) is 2. The zero-order chi connectivity index (χ0) is 18.4. The topological polar surface area (TPSA) is 66.0 Å². The van der Waals surface area contributed by atoms with Gasteiger partial charge in [-0.25, -0.2) is 0 Å². The second-order valence-electron chi connectivity index (χ2n) is 5.33. The van der Waals surface area contributed by atoms with Crippen LogP contribution in [0.5, 0.6) is 11.5 Å². The molecule has 0 aliphatic heterocycles. The number of nitriles is 2. The van der Waals surface area contributed by atoms with Gasteiger partial charge in [-0.05, 0) is 29.8 Å². The number of rotatable bonds is 6. The molecule has 25 heavy (non-hydrogen) atoms. The molecule has 2 rings (SSSR count).